The number of aryl methyl sites for hydroxylation is 1. The Morgan fingerprint density at radius 2 is 2.13 bits per heavy atom. The Bertz CT molecular complexity index is 665. The van der Waals surface area contributed by atoms with E-state index in [0.717, 1.165) is 51.4 Å². The zero-order valence-electron chi connectivity index (χ0n) is 13.4. The second-order valence-corrected chi connectivity index (χ2v) is 6.38. The van der Waals surface area contributed by atoms with Crippen LogP contribution in [0.3, 0.4) is 0 Å². The Labute approximate surface area is 136 Å². The summed E-state index contributed by atoms with van der Waals surface area (Å²) in [5.41, 5.74) is 3.58. The van der Waals surface area contributed by atoms with E-state index in [2.05, 4.69) is 40.1 Å². The predicted octanol–water partition coefficient (Wildman–Crippen LogP) is 1.91. The normalized spacial score (nSPS) is 21.1. The van der Waals surface area contributed by atoms with Crippen molar-refractivity contribution < 1.29 is 9.47 Å². The molecule has 6 heteroatoms. The third-order valence-electron chi connectivity index (χ3n) is 4.64. The molecule has 0 saturated carbocycles. The molecule has 0 bridgehead atoms. The molecule has 0 N–H and O–H groups in total. The summed E-state index contributed by atoms with van der Waals surface area (Å²) in [7, 11) is 0. The number of hydrogen-bond acceptors (Lipinski definition) is 5. The summed E-state index contributed by atoms with van der Waals surface area (Å²) in [6, 6.07) is 6.51. The number of nitrogens with zero attached hydrogens (tertiary/aromatic N) is 4. The third-order valence-corrected chi connectivity index (χ3v) is 4.64. The predicted molar refractivity (Wildman–Crippen MR) is 85.2 cm³/mol. The molecule has 0 radical (unpaired) electrons. The summed E-state index contributed by atoms with van der Waals surface area (Å²) < 4.78 is 13.5. The van der Waals surface area contributed by atoms with E-state index in [9.17, 15) is 0 Å². The van der Waals surface area contributed by atoms with E-state index >= 15 is 0 Å². The van der Waals surface area contributed by atoms with Crippen LogP contribution < -0.4 is 0 Å². The monoisotopic (exact) mass is 314 g/mol. The van der Waals surface area contributed by atoms with Crippen LogP contribution in [-0.2, 0) is 16.0 Å². The van der Waals surface area contributed by atoms with Gasteiger partial charge >= 0.3 is 0 Å². The molecule has 2 saturated heterocycles. The van der Waals surface area contributed by atoms with E-state index in [0.29, 0.717) is 0 Å². The molecule has 1 aromatic heterocycles. The van der Waals surface area contributed by atoms with Gasteiger partial charge in [-0.15, -0.1) is 0 Å². The number of ether oxygens (including phenoxy) is 2. The average Bonchev–Trinajstić information content (AvgIpc) is 3.20. The molecule has 2 aromatic rings. The number of hydrogen-bond donors (Lipinski definition) is 0. The highest BCUT2D eigenvalue weighted by Gasteiger charge is 2.40. The maximum atomic E-state index is 5.86. The van der Waals surface area contributed by atoms with Crippen LogP contribution in [0.5, 0.6) is 0 Å². The lowest BCUT2D eigenvalue weighted by Crippen LogP contribution is -2.48. The molecule has 4 rings (SSSR count). The highest BCUT2D eigenvalue weighted by atomic mass is 16.7. The van der Waals surface area contributed by atoms with E-state index in [-0.39, 0.29) is 5.79 Å². The first-order chi connectivity index (χ1) is 11.2. The molecular weight excluding hydrogens is 292 g/mol. The molecule has 0 atom stereocenters. The molecule has 122 valence electrons. The summed E-state index contributed by atoms with van der Waals surface area (Å²) in [5.74, 6) is -0.353. The van der Waals surface area contributed by atoms with Gasteiger partial charge < -0.3 is 9.47 Å². The average molecular weight is 314 g/mol. The quantitative estimate of drug-likeness (QED) is 0.866. The van der Waals surface area contributed by atoms with Gasteiger partial charge in [-0.3, -0.25) is 4.90 Å². The standard InChI is InChI=1S/C17H22N4O2/c1-14-9-15(3-4-16(14)21-13-18-12-19-21)10-20-6-2-5-17(11-20)22-7-8-23-17/h3-4,9,12-13H,2,5-8,10-11H2,1H3. The lowest BCUT2D eigenvalue weighted by Gasteiger charge is -2.38. The van der Waals surface area contributed by atoms with Crippen molar-refractivity contribution in [3.8, 4) is 5.69 Å². The Balaban J connectivity index is 1.47. The van der Waals surface area contributed by atoms with E-state index < -0.39 is 0 Å². The smallest absolute Gasteiger partial charge is 0.181 e. The molecule has 3 heterocycles. The van der Waals surface area contributed by atoms with Crippen LogP contribution in [0, 0.1) is 6.92 Å². The van der Waals surface area contributed by atoms with Gasteiger partial charge in [-0.2, -0.15) is 5.10 Å². The van der Waals surface area contributed by atoms with Gasteiger partial charge in [0.2, 0.25) is 0 Å². The summed E-state index contributed by atoms with van der Waals surface area (Å²) in [5, 5.41) is 4.20. The minimum atomic E-state index is -0.353. The van der Waals surface area contributed by atoms with E-state index in [1.165, 1.54) is 11.1 Å². The molecule has 23 heavy (non-hydrogen) atoms. The first kappa shape index (κ1) is 14.8. The molecule has 2 fully saturated rings. The summed E-state index contributed by atoms with van der Waals surface area (Å²) in [4.78, 5) is 6.44. The first-order valence-electron chi connectivity index (χ1n) is 8.19. The van der Waals surface area contributed by atoms with Crippen molar-refractivity contribution >= 4 is 0 Å². The lowest BCUT2D eigenvalue weighted by atomic mass is 10.0. The van der Waals surface area contributed by atoms with Gasteiger partial charge in [0, 0.05) is 13.0 Å². The molecule has 0 amide bonds. The SMILES string of the molecule is Cc1cc(CN2CCCC3(C2)OCCO3)ccc1-n1cncn1. The zero-order valence-corrected chi connectivity index (χ0v) is 13.4. The van der Waals surface area contributed by atoms with E-state index in [1.54, 1.807) is 17.3 Å². The van der Waals surface area contributed by atoms with Crippen LogP contribution in [0.25, 0.3) is 5.69 Å². The van der Waals surface area contributed by atoms with E-state index in [1.807, 2.05) is 0 Å². The minimum Gasteiger partial charge on any atom is -0.346 e. The minimum absolute atomic E-state index is 0.353. The fraction of sp³-hybridized carbons (Fsp3) is 0.529. The maximum absolute atomic E-state index is 5.86. The Kier molecular flexibility index (Phi) is 3.88. The Morgan fingerprint density at radius 3 is 2.87 bits per heavy atom. The van der Waals surface area contributed by atoms with Crippen LogP contribution in [0.2, 0.25) is 0 Å². The van der Waals surface area contributed by atoms with Crippen molar-refractivity contribution in [2.45, 2.75) is 32.1 Å². The fourth-order valence-corrected chi connectivity index (χ4v) is 3.60. The highest BCUT2D eigenvalue weighted by molar-refractivity contribution is 5.41. The van der Waals surface area contributed by atoms with Gasteiger partial charge in [0.05, 0.1) is 25.4 Å². The number of rotatable bonds is 3. The highest BCUT2D eigenvalue weighted by Crippen LogP contribution is 2.30. The van der Waals surface area contributed by atoms with E-state index in [4.69, 9.17) is 9.47 Å². The van der Waals surface area contributed by atoms with Crippen molar-refractivity contribution in [1.82, 2.24) is 19.7 Å². The third kappa shape index (κ3) is 3.02. The van der Waals surface area contributed by atoms with Crippen molar-refractivity contribution in [3.63, 3.8) is 0 Å². The molecule has 0 unspecified atom stereocenters. The van der Waals surface area contributed by atoms with Crippen molar-refractivity contribution in [2.75, 3.05) is 26.3 Å². The van der Waals surface area contributed by atoms with Crippen molar-refractivity contribution in [2.24, 2.45) is 0 Å². The number of piperidine rings is 1. The second kappa shape index (κ2) is 6.03. The molecule has 1 spiro atoms. The maximum Gasteiger partial charge on any atom is 0.181 e. The van der Waals surface area contributed by atoms with Gasteiger partial charge in [-0.25, -0.2) is 9.67 Å². The molecular formula is C17H22N4O2. The molecule has 2 aliphatic rings. The van der Waals surface area contributed by atoms with Crippen molar-refractivity contribution in [3.05, 3.63) is 42.0 Å². The van der Waals surface area contributed by atoms with Crippen LogP contribution in [0.4, 0.5) is 0 Å². The largest absolute Gasteiger partial charge is 0.346 e. The summed E-state index contributed by atoms with van der Waals surface area (Å²) in [6.07, 6.45) is 5.41. The zero-order chi connectivity index (χ0) is 15.7. The van der Waals surface area contributed by atoms with Gasteiger partial charge in [-0.05, 0) is 37.1 Å². The van der Waals surface area contributed by atoms with Crippen LogP contribution in [0.15, 0.2) is 30.9 Å². The number of aromatic nitrogens is 3. The van der Waals surface area contributed by atoms with Crippen molar-refractivity contribution in [1.29, 1.82) is 0 Å². The molecule has 2 aliphatic heterocycles. The van der Waals surface area contributed by atoms with Gasteiger partial charge in [0.25, 0.3) is 0 Å². The summed E-state index contributed by atoms with van der Waals surface area (Å²) in [6.45, 7) is 6.43. The van der Waals surface area contributed by atoms with Crippen LogP contribution in [0.1, 0.15) is 24.0 Å². The molecule has 6 nitrogen and oxygen atoms in total. The van der Waals surface area contributed by atoms with Gasteiger partial charge in [0.1, 0.15) is 12.7 Å². The Morgan fingerprint density at radius 1 is 1.26 bits per heavy atom. The van der Waals surface area contributed by atoms with Crippen LogP contribution in [-0.4, -0.2) is 51.8 Å². The van der Waals surface area contributed by atoms with Crippen LogP contribution >= 0.6 is 0 Å². The lowest BCUT2D eigenvalue weighted by molar-refractivity contribution is -0.190. The van der Waals surface area contributed by atoms with Gasteiger partial charge in [0.15, 0.2) is 5.79 Å². The Hall–Kier alpha value is -1.76. The number of benzene rings is 1. The topological polar surface area (TPSA) is 52.4 Å². The molecule has 1 aromatic carbocycles. The fourth-order valence-electron chi connectivity index (χ4n) is 3.60. The number of likely N-dealkylation sites (tertiary alicyclic amines) is 1. The summed E-state index contributed by atoms with van der Waals surface area (Å²) >= 11 is 0. The molecule has 0 aliphatic carbocycles. The second-order valence-electron chi connectivity index (χ2n) is 6.38. The van der Waals surface area contributed by atoms with Gasteiger partial charge in [-0.1, -0.05) is 12.1 Å². The first-order valence-corrected chi connectivity index (χ1v) is 8.19.